The number of likely N-dealkylation sites (N-methyl/N-ethyl adjacent to an activating group) is 3. The van der Waals surface area contributed by atoms with Gasteiger partial charge in [0.1, 0.15) is 32.8 Å². The maximum atomic E-state index is 9.33. The van der Waals surface area contributed by atoms with Gasteiger partial charge in [0.25, 0.3) is 0 Å². The van der Waals surface area contributed by atoms with Crippen LogP contribution in [0.3, 0.4) is 0 Å². The number of rotatable bonds is 24. The van der Waals surface area contributed by atoms with Crippen LogP contribution in [0.25, 0.3) is 12.2 Å². The van der Waals surface area contributed by atoms with Crippen molar-refractivity contribution in [2.45, 2.75) is 74.3 Å². The molecule has 8 nitrogen and oxygen atoms in total. The summed E-state index contributed by atoms with van der Waals surface area (Å²) in [6.07, 6.45) is 26.0. The van der Waals surface area contributed by atoms with Crippen molar-refractivity contribution in [3.8, 4) is 0 Å². The van der Waals surface area contributed by atoms with Crippen LogP contribution in [0, 0.1) is 11.8 Å². The first kappa shape index (κ1) is 110. The lowest BCUT2D eigenvalue weighted by Gasteiger charge is -2.36. The molecule has 0 fully saturated rings. The molecule has 0 saturated carbocycles. The van der Waals surface area contributed by atoms with Gasteiger partial charge in [0.2, 0.25) is 0 Å². The van der Waals surface area contributed by atoms with Gasteiger partial charge in [-0.3, -0.25) is 0 Å². The molecule has 1 aromatic heterocycles. The quantitative estimate of drug-likeness (QED) is 0.0289. The fourth-order valence-electron chi connectivity index (χ4n) is 9.84. The van der Waals surface area contributed by atoms with Crippen molar-refractivity contribution in [2.24, 2.45) is 11.8 Å². The highest BCUT2D eigenvalue weighted by molar-refractivity contribution is 6.18. The fourth-order valence-corrected chi connectivity index (χ4v) is 9.93. The average Bonchev–Trinajstić information content (AvgIpc) is 1.13. The zero-order valence-corrected chi connectivity index (χ0v) is 67.9. The second-order valence-electron chi connectivity index (χ2n) is 26.0. The molecule has 16 heteroatoms. The number of allylic oxidation sites excluding steroid dienone is 4. The van der Waals surface area contributed by atoms with Crippen molar-refractivity contribution in [1.29, 1.82) is 0 Å². The average molecular weight is 1530 g/mol. The summed E-state index contributed by atoms with van der Waals surface area (Å²) in [5.74, 6) is 1.16. The molecule has 6 aromatic rings. The van der Waals surface area contributed by atoms with E-state index in [2.05, 4.69) is 297 Å². The maximum Gasteiger partial charge on any atom is 0.173 e. The van der Waals surface area contributed by atoms with Crippen LogP contribution in [0.5, 0.6) is 0 Å². The summed E-state index contributed by atoms with van der Waals surface area (Å²) in [4.78, 5) is 0. The lowest BCUT2D eigenvalue weighted by Crippen LogP contribution is -3.00. The Labute approximate surface area is 658 Å². The Kier molecular flexibility index (Phi) is 69.6. The van der Waals surface area contributed by atoms with Gasteiger partial charge in [-0.1, -0.05) is 216 Å². The van der Waals surface area contributed by atoms with Crippen LogP contribution in [0.15, 0.2) is 276 Å². The van der Waals surface area contributed by atoms with Crippen molar-refractivity contribution in [3.63, 3.8) is 0 Å². The lowest BCUT2D eigenvalue weighted by molar-refractivity contribution is -0.932. The summed E-state index contributed by atoms with van der Waals surface area (Å²) in [5, 5.41) is 9.33. The van der Waals surface area contributed by atoms with Crippen molar-refractivity contribution >= 4 is 36.2 Å². The highest BCUT2D eigenvalue weighted by Gasteiger charge is 2.22. The number of hydrogen-bond acceptors (Lipinski definition) is 1. The molecule has 0 amide bonds. The molecule has 100 heavy (non-hydrogen) atoms. The number of hydrogen-bond donors (Lipinski definition) is 1. The number of nitrogens with zero attached hydrogens (tertiary/aromatic N) is 7. The van der Waals surface area contributed by atoms with Gasteiger partial charge in [0, 0.05) is 34.4 Å². The number of halogens is 8. The van der Waals surface area contributed by atoms with Crippen LogP contribution in [-0.4, -0.2) is 159 Å². The van der Waals surface area contributed by atoms with Crippen LogP contribution >= 0.6 is 11.6 Å². The van der Waals surface area contributed by atoms with Gasteiger partial charge in [0.05, 0.1) is 106 Å². The van der Waals surface area contributed by atoms with Gasteiger partial charge in [-0.2, -0.15) is 0 Å². The zero-order chi connectivity index (χ0) is 68.9. The van der Waals surface area contributed by atoms with Crippen molar-refractivity contribution in [3.05, 3.63) is 310 Å². The summed E-state index contributed by atoms with van der Waals surface area (Å²) in [6.45, 7) is 48.4. The first-order valence-electron chi connectivity index (χ1n) is 32.4. The number of aliphatic hydroxyl groups excluding tert-OH is 1. The SMILES string of the molecule is C.C=C(C)C[N+](C)(C)C.C=C(C)C[N+](C)(C)CC(O)CCl.C=CC1C=C[N+](C)=C1.C=CC1C=C[N+](Cc2ccccc2)=C1.C=CC[N+](CC)(CC)Cc1ccccc1.C=Cc1cc[n+](Cc2ccccc2)cc1.C=Cc1ccccc1.CC[N+](C)(C)Cc1ccccc1.[Cl-].[Cl-].[Cl-].[Cl-].[Cl-].[Cl-].[Cl-]. The molecule has 0 spiro atoms. The first-order valence-corrected chi connectivity index (χ1v) is 32.9. The van der Waals surface area contributed by atoms with Crippen molar-refractivity contribution < 1.29 is 124 Å². The molecule has 3 heterocycles. The van der Waals surface area contributed by atoms with E-state index in [0.29, 0.717) is 24.3 Å². The Morgan fingerprint density at radius 1 is 0.500 bits per heavy atom. The molecule has 2 aliphatic rings. The minimum atomic E-state index is -0.416. The lowest BCUT2D eigenvalue weighted by atomic mass is 10.1. The zero-order valence-electron chi connectivity index (χ0n) is 61.9. The minimum absolute atomic E-state index is 0. The topological polar surface area (TPSA) is 30.1 Å². The van der Waals surface area contributed by atoms with Gasteiger partial charge in [0.15, 0.2) is 50.3 Å². The van der Waals surface area contributed by atoms with E-state index < -0.39 is 6.10 Å². The molecule has 0 radical (unpaired) electrons. The summed E-state index contributed by atoms with van der Waals surface area (Å²) in [5.41, 5.74) is 10.2. The summed E-state index contributed by atoms with van der Waals surface area (Å²) < 4.78 is 10.3. The van der Waals surface area contributed by atoms with E-state index in [0.717, 1.165) is 88.0 Å². The molecule has 3 atom stereocenters. The van der Waals surface area contributed by atoms with Crippen LogP contribution < -0.4 is 91.4 Å². The van der Waals surface area contributed by atoms with E-state index in [-0.39, 0.29) is 94.3 Å². The van der Waals surface area contributed by atoms with Gasteiger partial charge in [-0.05, 0) is 75.1 Å². The normalized spacial score (nSPS) is 12.7. The molecular weight excluding hydrogens is 1410 g/mol. The molecule has 2 aliphatic heterocycles. The summed E-state index contributed by atoms with van der Waals surface area (Å²) >= 11 is 5.51. The number of aliphatic hydroxyl groups is 1. The second kappa shape index (κ2) is 63.1. The van der Waals surface area contributed by atoms with Gasteiger partial charge in [-0.25, -0.2) is 13.7 Å². The third kappa shape index (κ3) is 55.0. The van der Waals surface area contributed by atoms with Crippen LogP contribution in [0.2, 0.25) is 0 Å². The van der Waals surface area contributed by atoms with Crippen LogP contribution in [0.1, 0.15) is 75.4 Å². The predicted octanol–water partition coefficient (Wildman–Crippen LogP) is -3.69. The van der Waals surface area contributed by atoms with Crippen LogP contribution in [0.4, 0.5) is 0 Å². The number of aromatic nitrogens is 1. The van der Waals surface area contributed by atoms with E-state index in [4.69, 9.17) is 11.6 Å². The second-order valence-corrected chi connectivity index (χ2v) is 26.3. The number of benzene rings is 5. The number of quaternary nitrogens is 4. The molecule has 1 N–H and O–H groups in total. The van der Waals surface area contributed by atoms with E-state index in [1.54, 1.807) is 0 Å². The van der Waals surface area contributed by atoms with Crippen molar-refractivity contribution in [1.82, 2.24) is 0 Å². The summed E-state index contributed by atoms with van der Waals surface area (Å²) in [7, 11) is 17.1. The smallest absolute Gasteiger partial charge is 0.173 e. The van der Waals surface area contributed by atoms with E-state index >= 15 is 0 Å². The Morgan fingerprint density at radius 3 is 1.19 bits per heavy atom. The molecule has 0 bridgehead atoms. The molecular formula is C84H125Cl8N7O. The summed E-state index contributed by atoms with van der Waals surface area (Å²) in [6, 6.07) is 56.4. The van der Waals surface area contributed by atoms with E-state index in [1.165, 1.54) is 39.9 Å². The molecule has 3 unspecified atom stereocenters. The minimum Gasteiger partial charge on any atom is -1.00 e. The first-order chi connectivity index (χ1) is 43.7. The number of alkyl halides is 1. The Morgan fingerprint density at radius 2 is 0.880 bits per heavy atom. The van der Waals surface area contributed by atoms with Gasteiger partial charge in [-0.15, -0.1) is 24.8 Å². The molecule has 558 valence electrons. The molecule has 5 aromatic carbocycles. The highest BCUT2D eigenvalue weighted by Crippen LogP contribution is 2.15. The Balaban J connectivity index is -0.000000161. The maximum absolute atomic E-state index is 9.33. The number of pyridine rings is 1. The monoisotopic (exact) mass is 1530 g/mol. The van der Waals surface area contributed by atoms with Gasteiger partial charge >= 0.3 is 0 Å². The molecule has 0 aliphatic carbocycles. The van der Waals surface area contributed by atoms with Crippen LogP contribution in [-0.2, 0) is 26.2 Å². The van der Waals surface area contributed by atoms with Crippen molar-refractivity contribution in [2.75, 3.05) is 108 Å². The third-order valence-corrected chi connectivity index (χ3v) is 15.2. The van der Waals surface area contributed by atoms with Gasteiger partial charge < -0.3 is 110 Å². The molecule has 0 saturated heterocycles. The van der Waals surface area contributed by atoms with E-state index in [9.17, 15) is 5.11 Å². The highest BCUT2D eigenvalue weighted by atomic mass is 35.5. The largest absolute Gasteiger partial charge is 1.00 e. The fraction of sp³-hybridized carbons (Fsp3) is 0.345. The predicted molar refractivity (Wildman–Crippen MR) is 410 cm³/mol. The third-order valence-electron chi connectivity index (χ3n) is 14.8. The Hall–Kier alpha value is -5.63. The Bertz CT molecular complexity index is 3150. The standard InChI is InChI=1S/C14H14N.C14H22N.C13H14N.C11H18N.C9H19ClNO.C8H8.C7H10N.C7H16N.CH4.7ClH/c1-2-13-8-10-15(11-9-13)12-14-6-4-3-5-7-14;1-4-12-15(5-2,6-3)13-14-10-8-7-9-11-14;1-2-12-8-9-14(10-12)11-13-6-4-3-5-7-13;1-4-12(2,3)10-11-8-6-5-7-9-11;1-8(2)6-11(3,4)7-9(12)5-10;1-2-8-6-4-3-5-7-8;1-3-7-4-5-8(2)6-7;1-7(2)6-8(3,4)5;;;;;;;;/h2-11H,1,12H2;4,7-11H,1,5-6,12-13H2,2-3H3;2-10,12H,1,11H2;5-9H,4,10H2,1-3H3;9,12H,1,5-7H2,2-4H3;2-7H,1H2;3-7H,1H2,2H3;1,6H2,2-5H3;1H4;7*1H/q5*+1;;2*+1;;;;;;;;/p-7. The van der Waals surface area contributed by atoms with E-state index in [1.807, 2.05) is 97.6 Å². The molecule has 8 rings (SSSR count).